The molecule has 3 aromatic heterocycles. The number of benzene rings is 7. The fourth-order valence-electron chi connectivity index (χ4n) is 6.80. The number of nitrogens with zero attached hydrogens (tertiary/aromatic N) is 4. The van der Waals surface area contributed by atoms with E-state index in [0.29, 0.717) is 17.5 Å². The van der Waals surface area contributed by atoms with Crippen LogP contribution in [0.1, 0.15) is 0 Å². The van der Waals surface area contributed by atoms with Gasteiger partial charge in [0, 0.05) is 33.5 Å². The standard InChI is InChI=1S/C44H26N4OS/c1-4-14-27(15-5-1)33-24-30-20-10-11-21-31(30)25-34(33)42-46-41(28-16-6-2-7-17-28)47-43(48-42)39-38-32-22-12-13-23-35(32)49-36(38)26-37-40(39)45-44(50-37)29-18-8-3-9-19-29/h1-26H. The zero-order valence-corrected chi connectivity index (χ0v) is 27.4. The Morgan fingerprint density at radius 3 is 1.76 bits per heavy atom. The summed E-state index contributed by atoms with van der Waals surface area (Å²) in [6.45, 7) is 0. The second-order valence-corrected chi connectivity index (χ2v) is 13.3. The van der Waals surface area contributed by atoms with Gasteiger partial charge in [0.25, 0.3) is 0 Å². The van der Waals surface area contributed by atoms with E-state index in [-0.39, 0.29) is 0 Å². The van der Waals surface area contributed by atoms with E-state index in [9.17, 15) is 0 Å². The predicted octanol–water partition coefficient (Wildman–Crippen LogP) is 11.9. The molecule has 0 fully saturated rings. The van der Waals surface area contributed by atoms with Gasteiger partial charge in [0.2, 0.25) is 0 Å². The third-order valence-electron chi connectivity index (χ3n) is 9.15. The second kappa shape index (κ2) is 11.6. The van der Waals surface area contributed by atoms with Crippen molar-refractivity contribution in [2.75, 3.05) is 0 Å². The lowest BCUT2D eigenvalue weighted by atomic mass is 9.95. The van der Waals surface area contributed by atoms with Crippen LogP contribution in [0.4, 0.5) is 0 Å². The minimum Gasteiger partial charge on any atom is -0.456 e. The first-order valence-electron chi connectivity index (χ1n) is 16.5. The molecule has 0 spiro atoms. The number of aromatic nitrogens is 4. The molecule has 0 aliphatic rings. The maximum atomic E-state index is 6.50. The van der Waals surface area contributed by atoms with Gasteiger partial charge in [-0.15, -0.1) is 11.3 Å². The zero-order valence-electron chi connectivity index (χ0n) is 26.6. The summed E-state index contributed by atoms with van der Waals surface area (Å²) < 4.78 is 7.50. The molecule has 0 atom stereocenters. The quantitative estimate of drug-likeness (QED) is 0.184. The van der Waals surface area contributed by atoms with Gasteiger partial charge in [-0.3, -0.25) is 0 Å². The Bertz CT molecular complexity index is 2860. The largest absolute Gasteiger partial charge is 0.456 e. The van der Waals surface area contributed by atoms with E-state index in [0.717, 1.165) is 81.3 Å². The lowest BCUT2D eigenvalue weighted by molar-refractivity contribution is 0.669. The normalized spacial score (nSPS) is 11.6. The van der Waals surface area contributed by atoms with Crippen LogP contribution in [0, 0.1) is 0 Å². The van der Waals surface area contributed by atoms with E-state index in [1.807, 2.05) is 72.8 Å². The fraction of sp³-hybridized carbons (Fsp3) is 0. The molecule has 0 radical (unpaired) electrons. The van der Waals surface area contributed by atoms with Gasteiger partial charge < -0.3 is 4.42 Å². The molecule has 0 aliphatic heterocycles. The van der Waals surface area contributed by atoms with Crippen molar-refractivity contribution >= 4 is 54.3 Å². The summed E-state index contributed by atoms with van der Waals surface area (Å²) in [4.78, 5) is 21.1. The first kappa shape index (κ1) is 28.5. The number of para-hydroxylation sites is 1. The summed E-state index contributed by atoms with van der Waals surface area (Å²) in [6, 6.07) is 54.0. The summed E-state index contributed by atoms with van der Waals surface area (Å²) in [5.41, 5.74) is 8.30. The van der Waals surface area contributed by atoms with E-state index in [1.54, 1.807) is 11.3 Å². The molecule has 10 aromatic rings. The van der Waals surface area contributed by atoms with Crippen LogP contribution in [0.2, 0.25) is 0 Å². The highest BCUT2D eigenvalue weighted by Gasteiger charge is 2.24. The average molecular weight is 659 g/mol. The molecule has 0 unspecified atom stereocenters. The Kier molecular flexibility index (Phi) is 6.60. The molecule has 7 aromatic carbocycles. The van der Waals surface area contributed by atoms with Crippen LogP contribution < -0.4 is 0 Å². The van der Waals surface area contributed by atoms with Gasteiger partial charge in [0.15, 0.2) is 17.5 Å². The summed E-state index contributed by atoms with van der Waals surface area (Å²) in [7, 11) is 0. The van der Waals surface area contributed by atoms with Crippen molar-refractivity contribution in [1.82, 2.24) is 19.9 Å². The fourth-order valence-corrected chi connectivity index (χ4v) is 7.81. The molecular formula is C44H26N4OS. The van der Waals surface area contributed by atoms with Crippen LogP contribution in [-0.2, 0) is 0 Å². The van der Waals surface area contributed by atoms with Crippen molar-refractivity contribution < 1.29 is 4.42 Å². The van der Waals surface area contributed by atoms with Gasteiger partial charge >= 0.3 is 0 Å². The van der Waals surface area contributed by atoms with Gasteiger partial charge in [0.05, 0.1) is 15.8 Å². The lowest BCUT2D eigenvalue weighted by Gasteiger charge is -2.14. The van der Waals surface area contributed by atoms with Gasteiger partial charge in [-0.25, -0.2) is 19.9 Å². The van der Waals surface area contributed by atoms with Crippen molar-refractivity contribution in [3.8, 4) is 55.9 Å². The maximum Gasteiger partial charge on any atom is 0.167 e. The molecule has 10 rings (SSSR count). The maximum absolute atomic E-state index is 6.50. The molecule has 3 heterocycles. The minimum absolute atomic E-state index is 0.549. The van der Waals surface area contributed by atoms with Gasteiger partial charge in [-0.05, 0) is 40.1 Å². The van der Waals surface area contributed by atoms with Crippen LogP contribution in [-0.4, -0.2) is 19.9 Å². The van der Waals surface area contributed by atoms with E-state index >= 15 is 0 Å². The van der Waals surface area contributed by atoms with Crippen LogP contribution >= 0.6 is 11.3 Å². The molecule has 5 nitrogen and oxygen atoms in total. The van der Waals surface area contributed by atoms with Crippen LogP contribution in [0.3, 0.4) is 0 Å². The van der Waals surface area contributed by atoms with E-state index in [4.69, 9.17) is 24.4 Å². The molecule has 0 saturated heterocycles. The third kappa shape index (κ3) is 4.77. The molecule has 0 amide bonds. The Hall–Kier alpha value is -6.50. The zero-order chi connectivity index (χ0) is 33.0. The van der Waals surface area contributed by atoms with E-state index < -0.39 is 0 Å². The molecular weight excluding hydrogens is 633 g/mol. The molecule has 0 bridgehead atoms. The molecule has 50 heavy (non-hydrogen) atoms. The molecule has 0 saturated carbocycles. The van der Waals surface area contributed by atoms with Crippen molar-refractivity contribution in [3.63, 3.8) is 0 Å². The summed E-state index contributed by atoms with van der Waals surface area (Å²) >= 11 is 1.64. The Labute approximate surface area is 291 Å². The number of furan rings is 1. The van der Waals surface area contributed by atoms with E-state index in [1.165, 1.54) is 0 Å². The van der Waals surface area contributed by atoms with Crippen molar-refractivity contribution in [1.29, 1.82) is 0 Å². The highest BCUT2D eigenvalue weighted by Crippen LogP contribution is 2.44. The van der Waals surface area contributed by atoms with Gasteiger partial charge in [-0.2, -0.15) is 0 Å². The Morgan fingerprint density at radius 2 is 1.02 bits per heavy atom. The molecule has 0 N–H and O–H groups in total. The van der Waals surface area contributed by atoms with Gasteiger partial charge in [0.1, 0.15) is 16.2 Å². The number of thiazole rings is 1. The third-order valence-corrected chi connectivity index (χ3v) is 10.2. The van der Waals surface area contributed by atoms with Crippen LogP contribution in [0.15, 0.2) is 162 Å². The van der Waals surface area contributed by atoms with Crippen molar-refractivity contribution in [2.45, 2.75) is 0 Å². The number of hydrogen-bond donors (Lipinski definition) is 0. The molecule has 6 heteroatoms. The summed E-state index contributed by atoms with van der Waals surface area (Å²) in [5.74, 6) is 1.73. The number of hydrogen-bond acceptors (Lipinski definition) is 6. The topological polar surface area (TPSA) is 64.7 Å². The first-order chi connectivity index (χ1) is 24.8. The van der Waals surface area contributed by atoms with Crippen LogP contribution in [0.25, 0.3) is 98.8 Å². The summed E-state index contributed by atoms with van der Waals surface area (Å²) in [5, 5.41) is 5.13. The predicted molar refractivity (Wildman–Crippen MR) is 205 cm³/mol. The minimum atomic E-state index is 0.549. The van der Waals surface area contributed by atoms with E-state index in [2.05, 4.69) is 84.9 Å². The molecule has 234 valence electrons. The average Bonchev–Trinajstić information content (AvgIpc) is 3.78. The highest BCUT2D eigenvalue weighted by molar-refractivity contribution is 7.21. The van der Waals surface area contributed by atoms with Crippen molar-refractivity contribution in [3.05, 3.63) is 158 Å². The summed E-state index contributed by atoms with van der Waals surface area (Å²) in [6.07, 6.45) is 0. The molecule has 0 aliphatic carbocycles. The Balaban J connectivity index is 1.32. The highest BCUT2D eigenvalue weighted by atomic mass is 32.1. The van der Waals surface area contributed by atoms with Crippen molar-refractivity contribution in [2.24, 2.45) is 0 Å². The Morgan fingerprint density at radius 1 is 0.440 bits per heavy atom. The first-order valence-corrected chi connectivity index (χ1v) is 17.3. The smallest absolute Gasteiger partial charge is 0.167 e. The number of rotatable bonds is 5. The lowest BCUT2D eigenvalue weighted by Crippen LogP contribution is -2.02. The van der Waals surface area contributed by atoms with Gasteiger partial charge in [-0.1, -0.05) is 133 Å². The monoisotopic (exact) mass is 658 g/mol. The SMILES string of the molecule is c1ccc(-c2nc(-c3cc4ccccc4cc3-c3ccccc3)nc(-c3c4nc(-c5ccccc5)sc4cc4oc5ccccc5c34)n2)cc1. The second-order valence-electron chi connectivity index (χ2n) is 12.2. The number of fused-ring (bicyclic) bond motifs is 5. The van der Waals surface area contributed by atoms with Crippen LogP contribution in [0.5, 0.6) is 0 Å².